The van der Waals surface area contributed by atoms with E-state index in [1.165, 1.54) is 10.4 Å². The van der Waals surface area contributed by atoms with Crippen LogP contribution in [0.4, 0.5) is 5.69 Å². The molecule has 2 aromatic rings. The van der Waals surface area contributed by atoms with Gasteiger partial charge in [0.2, 0.25) is 0 Å². The zero-order valence-corrected chi connectivity index (χ0v) is 11.1. The van der Waals surface area contributed by atoms with Gasteiger partial charge in [-0.15, -0.1) is 11.3 Å². The van der Waals surface area contributed by atoms with E-state index in [0.29, 0.717) is 0 Å². The van der Waals surface area contributed by atoms with Crippen LogP contribution in [0.15, 0.2) is 35.7 Å². The Kier molecular flexibility index (Phi) is 2.59. The number of nitrogens with zero attached hydrogens (tertiary/aromatic N) is 1. The molecule has 3 rings (SSSR count). The van der Waals surface area contributed by atoms with Crippen LogP contribution in [-0.2, 0) is 0 Å². The van der Waals surface area contributed by atoms with E-state index in [0.717, 1.165) is 11.3 Å². The molecule has 0 aliphatic carbocycles. The molecule has 1 aliphatic rings. The van der Waals surface area contributed by atoms with E-state index in [9.17, 15) is 4.79 Å². The molecule has 3 nitrogen and oxygen atoms in total. The van der Waals surface area contributed by atoms with Gasteiger partial charge >= 0.3 is 0 Å². The highest BCUT2D eigenvalue weighted by Gasteiger charge is 2.31. The van der Waals surface area contributed by atoms with Crippen LogP contribution in [-0.4, -0.2) is 17.9 Å². The maximum atomic E-state index is 12.3. The summed E-state index contributed by atoms with van der Waals surface area (Å²) in [6, 6.07) is 9.74. The lowest BCUT2D eigenvalue weighted by atomic mass is 10.1. The molecule has 1 N–H and O–H groups in total. The van der Waals surface area contributed by atoms with Crippen molar-refractivity contribution in [2.24, 2.45) is 0 Å². The molecule has 1 amide bonds. The molecule has 0 unspecified atom stereocenters. The summed E-state index contributed by atoms with van der Waals surface area (Å²) in [4.78, 5) is 15.3. The Balaban J connectivity index is 2.06. The van der Waals surface area contributed by atoms with Gasteiger partial charge in [0.1, 0.15) is 6.17 Å². The standard InChI is InChI=1S/C14H14N2OS/c1-9-7-8-18-12(9)13-15-11-6-4-3-5-10(11)14(17)16(13)2/h3-8,13,15H,1-2H3/t13-/m0/s1. The lowest BCUT2D eigenvalue weighted by Gasteiger charge is -2.35. The zero-order chi connectivity index (χ0) is 12.7. The van der Waals surface area contributed by atoms with Gasteiger partial charge in [-0.25, -0.2) is 0 Å². The number of carbonyl (C=O) groups excluding carboxylic acids is 1. The molecule has 0 saturated carbocycles. The number of benzene rings is 1. The van der Waals surface area contributed by atoms with Gasteiger partial charge in [-0.2, -0.15) is 0 Å². The lowest BCUT2D eigenvalue weighted by Crippen LogP contribution is -2.40. The Bertz CT molecular complexity index is 605. The van der Waals surface area contributed by atoms with Gasteiger partial charge in [0, 0.05) is 12.7 Å². The van der Waals surface area contributed by atoms with Gasteiger partial charge in [-0.05, 0) is 36.1 Å². The first-order valence-electron chi connectivity index (χ1n) is 5.85. The van der Waals surface area contributed by atoms with Crippen LogP contribution in [0.3, 0.4) is 0 Å². The van der Waals surface area contributed by atoms with Crippen molar-refractivity contribution in [3.8, 4) is 0 Å². The number of carbonyl (C=O) groups is 1. The molecule has 1 aliphatic heterocycles. The molecule has 0 saturated heterocycles. The average Bonchev–Trinajstić information content (AvgIpc) is 2.80. The molecule has 1 atom stereocenters. The van der Waals surface area contributed by atoms with Crippen molar-refractivity contribution in [1.29, 1.82) is 0 Å². The van der Waals surface area contributed by atoms with Crippen molar-refractivity contribution < 1.29 is 4.79 Å². The van der Waals surface area contributed by atoms with E-state index in [-0.39, 0.29) is 12.1 Å². The van der Waals surface area contributed by atoms with E-state index >= 15 is 0 Å². The topological polar surface area (TPSA) is 32.3 Å². The normalized spacial score (nSPS) is 18.4. The summed E-state index contributed by atoms with van der Waals surface area (Å²) in [6.45, 7) is 2.08. The fourth-order valence-electron chi connectivity index (χ4n) is 2.25. The molecule has 92 valence electrons. The number of anilines is 1. The minimum Gasteiger partial charge on any atom is -0.360 e. The van der Waals surface area contributed by atoms with Crippen molar-refractivity contribution in [1.82, 2.24) is 4.90 Å². The van der Waals surface area contributed by atoms with Crippen molar-refractivity contribution in [2.45, 2.75) is 13.1 Å². The predicted molar refractivity (Wildman–Crippen MR) is 74.0 cm³/mol. The highest BCUT2D eigenvalue weighted by molar-refractivity contribution is 7.10. The summed E-state index contributed by atoms with van der Waals surface area (Å²) < 4.78 is 0. The molecule has 0 bridgehead atoms. The molecule has 1 aromatic heterocycles. The SMILES string of the molecule is Cc1ccsc1[C@H]1Nc2ccccc2C(=O)N1C. The number of rotatable bonds is 1. The zero-order valence-electron chi connectivity index (χ0n) is 10.3. The molecule has 18 heavy (non-hydrogen) atoms. The minimum absolute atomic E-state index is 0.0626. The van der Waals surface area contributed by atoms with E-state index < -0.39 is 0 Å². The number of fused-ring (bicyclic) bond motifs is 1. The lowest BCUT2D eigenvalue weighted by molar-refractivity contribution is 0.0737. The number of hydrogen-bond acceptors (Lipinski definition) is 3. The van der Waals surface area contributed by atoms with Gasteiger partial charge < -0.3 is 10.2 Å². The van der Waals surface area contributed by atoms with Gasteiger partial charge in [0.15, 0.2) is 0 Å². The summed E-state index contributed by atoms with van der Waals surface area (Å²) in [5.74, 6) is 0.0714. The third-order valence-electron chi connectivity index (χ3n) is 3.31. The quantitative estimate of drug-likeness (QED) is 0.851. The molecule has 2 heterocycles. The Labute approximate surface area is 110 Å². The van der Waals surface area contributed by atoms with Crippen molar-refractivity contribution in [3.05, 3.63) is 51.7 Å². The number of aryl methyl sites for hydroxylation is 1. The first-order valence-corrected chi connectivity index (χ1v) is 6.73. The molecular formula is C14H14N2OS. The Morgan fingerprint density at radius 3 is 2.78 bits per heavy atom. The molecule has 0 spiro atoms. The molecule has 1 aromatic carbocycles. The van der Waals surface area contributed by atoms with Gasteiger partial charge in [-0.3, -0.25) is 4.79 Å². The maximum absolute atomic E-state index is 12.3. The second-order valence-electron chi connectivity index (χ2n) is 4.48. The molecule has 0 radical (unpaired) electrons. The third kappa shape index (κ3) is 1.61. The smallest absolute Gasteiger partial charge is 0.257 e. The highest BCUT2D eigenvalue weighted by atomic mass is 32.1. The van der Waals surface area contributed by atoms with Gasteiger partial charge in [0.25, 0.3) is 5.91 Å². The van der Waals surface area contributed by atoms with Crippen LogP contribution < -0.4 is 5.32 Å². The number of hydrogen-bond donors (Lipinski definition) is 1. The monoisotopic (exact) mass is 258 g/mol. The fourth-order valence-corrected chi connectivity index (χ4v) is 3.27. The second kappa shape index (κ2) is 4.14. The van der Waals surface area contributed by atoms with Crippen LogP contribution in [0.25, 0.3) is 0 Å². The Morgan fingerprint density at radius 1 is 1.28 bits per heavy atom. The third-order valence-corrected chi connectivity index (χ3v) is 4.38. The fraction of sp³-hybridized carbons (Fsp3) is 0.214. The second-order valence-corrected chi connectivity index (χ2v) is 5.42. The van der Waals surface area contributed by atoms with Crippen LogP contribution in [0, 0.1) is 6.92 Å². The highest BCUT2D eigenvalue weighted by Crippen LogP contribution is 2.35. The molecule has 4 heteroatoms. The Hall–Kier alpha value is -1.81. The largest absolute Gasteiger partial charge is 0.360 e. The van der Waals surface area contributed by atoms with E-state index in [4.69, 9.17) is 0 Å². The van der Waals surface area contributed by atoms with E-state index in [1.807, 2.05) is 31.3 Å². The summed E-state index contributed by atoms with van der Waals surface area (Å²) in [6.07, 6.45) is -0.0626. The van der Waals surface area contributed by atoms with Crippen LogP contribution in [0.1, 0.15) is 27.0 Å². The number of amides is 1. The summed E-state index contributed by atoms with van der Waals surface area (Å²) in [7, 11) is 1.84. The van der Waals surface area contributed by atoms with Crippen LogP contribution >= 0.6 is 11.3 Å². The van der Waals surface area contributed by atoms with E-state index in [1.54, 1.807) is 16.2 Å². The first kappa shape index (κ1) is 11.3. The van der Waals surface area contributed by atoms with Crippen molar-refractivity contribution in [2.75, 3.05) is 12.4 Å². The van der Waals surface area contributed by atoms with Crippen molar-refractivity contribution >= 4 is 22.9 Å². The first-order chi connectivity index (χ1) is 8.68. The van der Waals surface area contributed by atoms with E-state index in [2.05, 4.69) is 23.7 Å². The molecule has 0 fully saturated rings. The Morgan fingerprint density at radius 2 is 2.06 bits per heavy atom. The van der Waals surface area contributed by atoms with Crippen molar-refractivity contribution in [3.63, 3.8) is 0 Å². The van der Waals surface area contributed by atoms with Crippen LogP contribution in [0.2, 0.25) is 0 Å². The summed E-state index contributed by atoms with van der Waals surface area (Å²) >= 11 is 1.68. The molecular weight excluding hydrogens is 244 g/mol. The number of thiophene rings is 1. The van der Waals surface area contributed by atoms with Crippen LogP contribution in [0.5, 0.6) is 0 Å². The summed E-state index contributed by atoms with van der Waals surface area (Å²) in [5.41, 5.74) is 2.88. The van der Waals surface area contributed by atoms with Gasteiger partial charge in [-0.1, -0.05) is 12.1 Å². The number of para-hydroxylation sites is 1. The summed E-state index contributed by atoms with van der Waals surface area (Å²) in [5, 5.41) is 5.50. The average molecular weight is 258 g/mol. The number of nitrogens with one attached hydrogen (secondary N) is 1. The predicted octanol–water partition coefficient (Wildman–Crippen LogP) is 3.25. The maximum Gasteiger partial charge on any atom is 0.257 e. The minimum atomic E-state index is -0.0626. The van der Waals surface area contributed by atoms with Gasteiger partial charge in [0.05, 0.1) is 10.4 Å².